The summed E-state index contributed by atoms with van der Waals surface area (Å²) in [5.41, 5.74) is 9.92. The molecule has 3 heterocycles. The summed E-state index contributed by atoms with van der Waals surface area (Å²) in [6.45, 7) is 13.0. The molecule has 1 aliphatic carbocycles. The van der Waals surface area contributed by atoms with Crippen molar-refractivity contribution in [3.63, 3.8) is 0 Å². The van der Waals surface area contributed by atoms with Crippen molar-refractivity contribution in [2.45, 2.75) is 83.4 Å². The molecule has 0 unspecified atom stereocenters. The number of primary amides is 1. The van der Waals surface area contributed by atoms with Crippen molar-refractivity contribution in [3.8, 4) is 0 Å². The van der Waals surface area contributed by atoms with Gasteiger partial charge in [-0.25, -0.2) is 9.97 Å². The number of benzene rings is 1. The Morgan fingerprint density at radius 2 is 1.66 bits per heavy atom. The first-order valence-electron chi connectivity index (χ1n) is 15.4. The topological polar surface area (TPSA) is 123 Å². The Kier molecular flexibility index (Phi) is 9.31. The molecule has 2 aromatic rings. The molecule has 10 heteroatoms. The highest BCUT2D eigenvalue weighted by Gasteiger charge is 2.28. The lowest BCUT2D eigenvalue weighted by molar-refractivity contribution is 0.0982. The molecule has 0 spiro atoms. The number of hydrogen-bond acceptors (Lipinski definition) is 9. The fourth-order valence-electron chi connectivity index (χ4n) is 6.51. The number of carbonyl (C=O) groups is 1. The number of aromatic nitrogens is 2. The smallest absolute Gasteiger partial charge is 0.271 e. The molecule has 1 amide bonds. The number of amides is 1. The molecule has 41 heavy (non-hydrogen) atoms. The van der Waals surface area contributed by atoms with Gasteiger partial charge >= 0.3 is 0 Å². The molecule has 3 aliphatic rings. The Morgan fingerprint density at radius 3 is 2.27 bits per heavy atom. The number of hydrogen-bond donors (Lipinski definition) is 4. The summed E-state index contributed by atoms with van der Waals surface area (Å²) >= 11 is 0. The van der Waals surface area contributed by atoms with E-state index < -0.39 is 5.91 Å². The number of aryl methyl sites for hydroxylation is 1. The Labute approximate surface area is 244 Å². The van der Waals surface area contributed by atoms with Crippen molar-refractivity contribution in [3.05, 3.63) is 35.2 Å². The Hall–Kier alpha value is -2.95. The van der Waals surface area contributed by atoms with Crippen LogP contribution < -0.4 is 21.3 Å². The summed E-state index contributed by atoms with van der Waals surface area (Å²) in [6, 6.07) is 7.22. The largest absolute Gasteiger partial charge is 0.393 e. The fourth-order valence-corrected chi connectivity index (χ4v) is 6.51. The van der Waals surface area contributed by atoms with Crippen molar-refractivity contribution in [1.29, 1.82) is 0 Å². The van der Waals surface area contributed by atoms with Crippen LogP contribution in [0.5, 0.6) is 0 Å². The maximum Gasteiger partial charge on any atom is 0.271 e. The van der Waals surface area contributed by atoms with Gasteiger partial charge < -0.3 is 31.3 Å². The summed E-state index contributed by atoms with van der Waals surface area (Å²) in [4.78, 5) is 29.6. The maximum absolute atomic E-state index is 12.4. The highest BCUT2D eigenvalue weighted by Crippen LogP contribution is 2.32. The minimum atomic E-state index is -0.606. The molecule has 10 nitrogen and oxygen atoms in total. The van der Waals surface area contributed by atoms with Crippen LogP contribution in [0.25, 0.3) is 0 Å². The van der Waals surface area contributed by atoms with E-state index >= 15 is 0 Å². The van der Waals surface area contributed by atoms with E-state index in [-0.39, 0.29) is 23.8 Å². The molecule has 0 atom stereocenters. The third kappa shape index (κ3) is 7.10. The quantitative estimate of drug-likeness (QED) is 0.380. The van der Waals surface area contributed by atoms with E-state index in [0.29, 0.717) is 17.7 Å². The zero-order chi connectivity index (χ0) is 29.1. The van der Waals surface area contributed by atoms with Crippen molar-refractivity contribution < 1.29 is 9.90 Å². The van der Waals surface area contributed by atoms with Crippen LogP contribution in [-0.2, 0) is 0 Å². The summed E-state index contributed by atoms with van der Waals surface area (Å²) < 4.78 is 0. The second-order valence-corrected chi connectivity index (χ2v) is 12.5. The Balaban J connectivity index is 1.30. The maximum atomic E-state index is 12.4. The van der Waals surface area contributed by atoms with Crippen LogP contribution in [0.2, 0.25) is 0 Å². The van der Waals surface area contributed by atoms with Gasteiger partial charge in [0, 0.05) is 62.7 Å². The lowest BCUT2D eigenvalue weighted by Gasteiger charge is -2.43. The molecule has 0 radical (unpaired) electrons. The van der Waals surface area contributed by atoms with E-state index in [0.717, 1.165) is 63.2 Å². The van der Waals surface area contributed by atoms with E-state index in [2.05, 4.69) is 56.4 Å². The van der Waals surface area contributed by atoms with Crippen molar-refractivity contribution in [2.24, 2.45) is 5.73 Å². The number of likely N-dealkylation sites (N-methyl/N-ethyl adjacent to an activating group) is 1. The number of piperidine rings is 1. The van der Waals surface area contributed by atoms with Crippen LogP contribution in [0.4, 0.5) is 23.0 Å². The molecule has 2 saturated heterocycles. The average molecular weight is 565 g/mol. The molecule has 1 aromatic heterocycles. The molecule has 3 fully saturated rings. The Morgan fingerprint density at radius 1 is 0.976 bits per heavy atom. The standard InChI is InChI=1S/C31H48N8O2/c1-20(2)27-30(33-22-5-8-25(40)9-6-22)36-31(28(35-27)29(32)41)34-23-7-10-26(21(3)19-23)39-13-11-24(12-14-39)38-17-15-37(4)16-18-38/h7,10,19-20,22,24-25,40H,5-6,8-9,11-18H2,1-4H3,(H2,32,41)(H2,33,34,36). The van der Waals surface area contributed by atoms with Gasteiger partial charge in [0.2, 0.25) is 0 Å². The number of nitrogens with two attached hydrogens (primary N) is 1. The van der Waals surface area contributed by atoms with Crippen LogP contribution in [0.1, 0.15) is 80.0 Å². The molecule has 224 valence electrons. The first-order valence-corrected chi connectivity index (χ1v) is 15.4. The van der Waals surface area contributed by atoms with E-state index in [4.69, 9.17) is 10.7 Å². The highest BCUT2D eigenvalue weighted by atomic mass is 16.3. The van der Waals surface area contributed by atoms with Crippen molar-refractivity contribution in [2.75, 3.05) is 61.8 Å². The third-order valence-electron chi connectivity index (χ3n) is 9.06. The second-order valence-electron chi connectivity index (χ2n) is 12.5. The van der Waals surface area contributed by atoms with Crippen LogP contribution in [0.3, 0.4) is 0 Å². The average Bonchev–Trinajstić information content (AvgIpc) is 2.95. The first kappa shape index (κ1) is 29.5. The van der Waals surface area contributed by atoms with Gasteiger partial charge in [-0.05, 0) is 82.2 Å². The number of aliphatic hydroxyl groups excluding tert-OH is 1. The molecule has 5 rings (SSSR count). The molecular weight excluding hydrogens is 516 g/mol. The minimum absolute atomic E-state index is 0.0632. The van der Waals surface area contributed by atoms with E-state index in [1.165, 1.54) is 37.2 Å². The third-order valence-corrected chi connectivity index (χ3v) is 9.06. The minimum Gasteiger partial charge on any atom is -0.393 e. The molecular formula is C31H48N8O2. The van der Waals surface area contributed by atoms with Crippen LogP contribution in [-0.4, -0.2) is 95.3 Å². The first-order chi connectivity index (χ1) is 19.7. The molecule has 1 saturated carbocycles. The van der Waals surface area contributed by atoms with Crippen LogP contribution in [0.15, 0.2) is 18.2 Å². The predicted molar refractivity (Wildman–Crippen MR) is 165 cm³/mol. The number of nitrogens with one attached hydrogen (secondary N) is 2. The fraction of sp³-hybridized carbons (Fsp3) is 0.645. The van der Waals surface area contributed by atoms with Gasteiger partial charge in [-0.3, -0.25) is 9.69 Å². The highest BCUT2D eigenvalue weighted by molar-refractivity contribution is 5.96. The van der Waals surface area contributed by atoms with Gasteiger partial charge in [-0.2, -0.15) is 0 Å². The zero-order valence-electron chi connectivity index (χ0n) is 25.2. The van der Waals surface area contributed by atoms with Gasteiger partial charge in [0.05, 0.1) is 11.8 Å². The van der Waals surface area contributed by atoms with E-state index in [1.807, 2.05) is 19.9 Å². The van der Waals surface area contributed by atoms with Crippen molar-refractivity contribution >= 4 is 28.9 Å². The van der Waals surface area contributed by atoms with Gasteiger partial charge in [0.25, 0.3) is 5.91 Å². The number of nitrogens with zero attached hydrogens (tertiary/aromatic N) is 5. The van der Waals surface area contributed by atoms with Crippen LogP contribution in [0, 0.1) is 6.92 Å². The van der Waals surface area contributed by atoms with Gasteiger partial charge in [0.15, 0.2) is 17.3 Å². The number of anilines is 4. The lowest BCUT2D eigenvalue weighted by atomic mass is 9.93. The van der Waals surface area contributed by atoms with Crippen molar-refractivity contribution in [1.82, 2.24) is 19.8 Å². The number of aliphatic hydroxyl groups is 1. The number of piperazine rings is 1. The van der Waals surface area contributed by atoms with E-state index in [1.54, 1.807) is 0 Å². The summed E-state index contributed by atoms with van der Waals surface area (Å²) in [5, 5.41) is 16.8. The second kappa shape index (κ2) is 12.9. The summed E-state index contributed by atoms with van der Waals surface area (Å²) in [6.07, 6.45) is 5.43. The molecule has 2 aliphatic heterocycles. The number of carbonyl (C=O) groups excluding carboxylic acids is 1. The SMILES string of the molecule is Cc1cc(Nc2nc(NC3CCC(O)CC3)c(C(C)C)nc2C(N)=O)ccc1N1CCC(N2CCN(C)CC2)CC1. The predicted octanol–water partition coefficient (Wildman–Crippen LogP) is 3.68. The van der Waals surface area contributed by atoms with Gasteiger partial charge in [-0.1, -0.05) is 13.8 Å². The normalized spacial score (nSPS) is 23.1. The molecule has 5 N–H and O–H groups in total. The monoisotopic (exact) mass is 564 g/mol. The zero-order valence-corrected chi connectivity index (χ0v) is 25.2. The van der Waals surface area contributed by atoms with Crippen LogP contribution >= 0.6 is 0 Å². The van der Waals surface area contributed by atoms with Gasteiger partial charge in [-0.15, -0.1) is 0 Å². The number of rotatable bonds is 8. The summed E-state index contributed by atoms with van der Waals surface area (Å²) in [5.74, 6) is 0.491. The summed E-state index contributed by atoms with van der Waals surface area (Å²) in [7, 11) is 2.21. The molecule has 1 aromatic carbocycles. The lowest BCUT2D eigenvalue weighted by Crippen LogP contribution is -2.52. The van der Waals surface area contributed by atoms with E-state index in [9.17, 15) is 9.90 Å². The molecule has 0 bridgehead atoms. The van der Waals surface area contributed by atoms with Gasteiger partial charge in [0.1, 0.15) is 0 Å². The Bertz CT molecular complexity index is 1200.